The number of hydrogen-bond donors (Lipinski definition) is 1. The summed E-state index contributed by atoms with van der Waals surface area (Å²) < 4.78 is 15.5. The monoisotopic (exact) mass is 374 g/mol. The molecule has 3 rings (SSSR count). The third kappa shape index (κ3) is 4.22. The van der Waals surface area contributed by atoms with Gasteiger partial charge in [0.15, 0.2) is 0 Å². The van der Waals surface area contributed by atoms with Gasteiger partial charge in [-0.1, -0.05) is 23.7 Å². The number of halogens is 1. The van der Waals surface area contributed by atoms with Crippen molar-refractivity contribution in [1.29, 1.82) is 0 Å². The quantitative estimate of drug-likeness (QED) is 0.417. The fourth-order valence-electron chi connectivity index (χ4n) is 2.37. The van der Waals surface area contributed by atoms with Crippen LogP contribution in [0, 0.1) is 0 Å². The van der Waals surface area contributed by atoms with Crippen molar-refractivity contribution in [3.63, 3.8) is 0 Å². The van der Waals surface area contributed by atoms with Gasteiger partial charge in [0.05, 0.1) is 0 Å². The molecule has 1 heterocycles. The van der Waals surface area contributed by atoms with Gasteiger partial charge in [0.1, 0.15) is 23.5 Å². The van der Waals surface area contributed by atoms with Crippen LogP contribution in [0.3, 0.4) is 0 Å². The Hall–Kier alpha value is -2.83. The summed E-state index contributed by atoms with van der Waals surface area (Å²) in [6, 6.07) is 12.9. The van der Waals surface area contributed by atoms with E-state index < -0.39 is 17.9 Å². The Morgan fingerprint density at radius 2 is 2.04 bits per heavy atom. The van der Waals surface area contributed by atoms with Crippen molar-refractivity contribution in [3.8, 4) is 5.75 Å². The molecule has 0 bridgehead atoms. The molecule has 134 valence electrons. The number of aliphatic hydroxyl groups excluding tert-OH is 1. The van der Waals surface area contributed by atoms with Crippen LogP contribution in [-0.2, 0) is 16.1 Å². The van der Waals surface area contributed by atoms with Crippen LogP contribution in [0.5, 0.6) is 5.75 Å². The maximum atomic E-state index is 12.1. The van der Waals surface area contributed by atoms with Gasteiger partial charge in [-0.05, 0) is 42.0 Å². The summed E-state index contributed by atoms with van der Waals surface area (Å²) in [5.41, 5.74) is 0.305. The number of fused-ring (bicyclic) bond motifs is 1. The molecular weight excluding hydrogens is 360 g/mol. The second-order valence-corrected chi connectivity index (χ2v) is 6.01. The Morgan fingerprint density at radius 1 is 1.23 bits per heavy atom. The molecule has 0 aliphatic heterocycles. The van der Waals surface area contributed by atoms with E-state index in [1.807, 2.05) is 0 Å². The average molecular weight is 375 g/mol. The minimum absolute atomic E-state index is 0.0536. The molecule has 3 aromatic rings. The fourth-order valence-corrected chi connectivity index (χ4v) is 2.55. The van der Waals surface area contributed by atoms with Crippen molar-refractivity contribution < 1.29 is 23.8 Å². The Bertz CT molecular complexity index is 1010. The third-order valence-electron chi connectivity index (χ3n) is 3.58. The normalized spacial score (nSPS) is 12.0. The topological polar surface area (TPSA) is 86.0 Å². The van der Waals surface area contributed by atoms with E-state index >= 15 is 0 Å². The van der Waals surface area contributed by atoms with Gasteiger partial charge < -0.3 is 19.0 Å². The minimum Gasteiger partial charge on any atom is -0.461 e. The summed E-state index contributed by atoms with van der Waals surface area (Å²) in [7, 11) is 0. The predicted octanol–water partition coefficient (Wildman–Crippen LogP) is 3.58. The van der Waals surface area contributed by atoms with Crippen LogP contribution in [0.25, 0.3) is 11.0 Å². The first-order valence-corrected chi connectivity index (χ1v) is 8.10. The maximum Gasteiger partial charge on any atom is 0.345 e. The highest BCUT2D eigenvalue weighted by atomic mass is 35.5. The van der Waals surface area contributed by atoms with E-state index in [0.29, 0.717) is 21.7 Å². The van der Waals surface area contributed by atoms with Crippen LogP contribution in [0.15, 0.2) is 57.7 Å². The van der Waals surface area contributed by atoms with Crippen LogP contribution in [-0.4, -0.2) is 11.1 Å². The first-order valence-electron chi connectivity index (χ1n) is 7.73. The Labute approximate surface area is 153 Å². The van der Waals surface area contributed by atoms with Gasteiger partial charge in [-0.2, -0.15) is 0 Å². The van der Waals surface area contributed by atoms with Crippen molar-refractivity contribution >= 4 is 28.5 Å². The minimum atomic E-state index is -1.52. The molecule has 1 atom stereocenters. The molecule has 6 nitrogen and oxygen atoms in total. The fraction of sp³-hybridized carbons (Fsp3) is 0.158. The van der Waals surface area contributed by atoms with Gasteiger partial charge in [-0.25, -0.2) is 4.79 Å². The Morgan fingerprint density at radius 3 is 2.77 bits per heavy atom. The molecule has 0 radical (unpaired) electrons. The van der Waals surface area contributed by atoms with Crippen LogP contribution in [0.4, 0.5) is 0 Å². The lowest BCUT2D eigenvalue weighted by Gasteiger charge is -2.13. The first kappa shape index (κ1) is 18.0. The Kier molecular flexibility index (Phi) is 5.25. The molecule has 1 aromatic heterocycles. The molecule has 0 aliphatic rings. The van der Waals surface area contributed by atoms with Crippen LogP contribution >= 0.6 is 11.6 Å². The number of rotatable bonds is 5. The largest absolute Gasteiger partial charge is 0.461 e. The highest BCUT2D eigenvalue weighted by molar-refractivity contribution is 6.30. The van der Waals surface area contributed by atoms with Crippen LogP contribution in [0.2, 0.25) is 5.02 Å². The van der Waals surface area contributed by atoms with E-state index in [4.69, 9.17) is 25.5 Å². The maximum absolute atomic E-state index is 12.1. The molecule has 0 fully saturated rings. The summed E-state index contributed by atoms with van der Waals surface area (Å²) in [6.07, 6.45) is -1.52. The summed E-state index contributed by atoms with van der Waals surface area (Å²) in [5.74, 6) is -0.0798. The lowest BCUT2D eigenvalue weighted by molar-refractivity contribution is -0.142. The van der Waals surface area contributed by atoms with E-state index in [1.165, 1.54) is 19.1 Å². The summed E-state index contributed by atoms with van der Waals surface area (Å²) >= 11 is 5.88. The summed E-state index contributed by atoms with van der Waals surface area (Å²) in [5, 5.41) is 11.3. The van der Waals surface area contributed by atoms with Gasteiger partial charge >= 0.3 is 11.6 Å². The third-order valence-corrected chi connectivity index (χ3v) is 3.81. The van der Waals surface area contributed by atoms with E-state index in [9.17, 15) is 14.7 Å². The Balaban J connectivity index is 1.90. The van der Waals surface area contributed by atoms with Gasteiger partial charge in [0, 0.05) is 17.3 Å². The van der Waals surface area contributed by atoms with Crippen molar-refractivity contribution in [2.75, 3.05) is 0 Å². The number of aliphatic hydroxyl groups is 1. The lowest BCUT2D eigenvalue weighted by atomic mass is 10.1. The zero-order valence-corrected chi connectivity index (χ0v) is 14.5. The molecule has 1 unspecified atom stereocenters. The molecule has 0 amide bonds. The number of esters is 1. The summed E-state index contributed by atoms with van der Waals surface area (Å²) in [4.78, 5) is 23.1. The van der Waals surface area contributed by atoms with Crippen molar-refractivity contribution in [3.05, 3.63) is 75.1 Å². The number of carbonyl (C=O) groups is 1. The second-order valence-electron chi connectivity index (χ2n) is 5.57. The SMILES string of the molecule is CC(=O)OCc1ccc2oc(=O)c(C(O)Oc3cccc(Cl)c3)cc2c1. The van der Waals surface area contributed by atoms with Crippen LogP contribution in [0.1, 0.15) is 24.3 Å². The molecule has 2 aromatic carbocycles. The van der Waals surface area contributed by atoms with Gasteiger partial charge in [-0.15, -0.1) is 0 Å². The van der Waals surface area contributed by atoms with E-state index in [1.54, 1.807) is 36.4 Å². The highest BCUT2D eigenvalue weighted by Gasteiger charge is 2.17. The molecular formula is C19H15ClO6. The molecule has 0 spiro atoms. The second kappa shape index (κ2) is 7.59. The van der Waals surface area contributed by atoms with Gasteiger partial charge in [-0.3, -0.25) is 4.79 Å². The summed E-state index contributed by atoms with van der Waals surface area (Å²) in [6.45, 7) is 1.42. The zero-order valence-electron chi connectivity index (χ0n) is 13.8. The zero-order chi connectivity index (χ0) is 18.7. The average Bonchev–Trinajstić information content (AvgIpc) is 2.59. The van der Waals surface area contributed by atoms with E-state index in [0.717, 1.165) is 5.56 Å². The number of benzene rings is 2. The molecule has 1 N–H and O–H groups in total. The van der Waals surface area contributed by atoms with E-state index in [2.05, 4.69) is 0 Å². The van der Waals surface area contributed by atoms with Crippen molar-refractivity contribution in [2.45, 2.75) is 19.8 Å². The standard InChI is InChI=1S/C19H15ClO6/c1-11(21)24-10-12-5-6-17-13(7-12)8-16(19(23)26-17)18(22)25-15-4-2-3-14(20)9-15/h2-9,18,22H,10H2,1H3. The molecule has 26 heavy (non-hydrogen) atoms. The first-order chi connectivity index (χ1) is 12.4. The predicted molar refractivity (Wildman–Crippen MR) is 95.0 cm³/mol. The van der Waals surface area contributed by atoms with E-state index in [-0.39, 0.29) is 12.2 Å². The lowest BCUT2D eigenvalue weighted by Crippen LogP contribution is -2.16. The van der Waals surface area contributed by atoms with Crippen LogP contribution < -0.4 is 10.4 Å². The van der Waals surface area contributed by atoms with Crippen molar-refractivity contribution in [2.24, 2.45) is 0 Å². The number of carbonyl (C=O) groups excluding carboxylic acids is 1. The van der Waals surface area contributed by atoms with Gasteiger partial charge in [0.25, 0.3) is 0 Å². The van der Waals surface area contributed by atoms with Crippen molar-refractivity contribution in [1.82, 2.24) is 0 Å². The molecule has 7 heteroatoms. The highest BCUT2D eigenvalue weighted by Crippen LogP contribution is 2.24. The smallest absolute Gasteiger partial charge is 0.345 e. The van der Waals surface area contributed by atoms with Gasteiger partial charge in [0.2, 0.25) is 6.29 Å². The molecule has 0 saturated heterocycles. The number of ether oxygens (including phenoxy) is 2. The molecule has 0 aliphatic carbocycles. The number of hydrogen-bond acceptors (Lipinski definition) is 6. The molecule has 0 saturated carbocycles.